The van der Waals surface area contributed by atoms with E-state index in [4.69, 9.17) is 4.74 Å². The zero-order valence-corrected chi connectivity index (χ0v) is 21.8. The molecule has 0 unspecified atom stereocenters. The molecule has 0 spiro atoms. The number of halogens is 3. The van der Waals surface area contributed by atoms with Crippen molar-refractivity contribution in [1.82, 2.24) is 5.32 Å². The molecule has 33 heavy (non-hydrogen) atoms. The van der Waals surface area contributed by atoms with Crippen LogP contribution >= 0.6 is 43.6 Å². The second kappa shape index (κ2) is 10.2. The molecule has 8 heteroatoms. The predicted octanol–water partition coefficient (Wildman–Crippen LogP) is 7.44. The van der Waals surface area contributed by atoms with Crippen LogP contribution in [0.3, 0.4) is 0 Å². The number of nitrogens with zero attached hydrogens (tertiary/aromatic N) is 1. The molecule has 0 atom stereocenters. The van der Waals surface area contributed by atoms with E-state index in [0.717, 1.165) is 26.9 Å². The van der Waals surface area contributed by atoms with Crippen LogP contribution < -0.4 is 10.1 Å². The lowest BCUT2D eigenvalue weighted by Gasteiger charge is -2.09. The van der Waals surface area contributed by atoms with E-state index in [1.165, 1.54) is 17.8 Å². The van der Waals surface area contributed by atoms with E-state index in [1.54, 1.807) is 30.3 Å². The number of amides is 1. The summed E-state index contributed by atoms with van der Waals surface area (Å²) in [4.78, 5) is 17.6. The largest absolute Gasteiger partial charge is 0.488 e. The highest BCUT2D eigenvalue weighted by Gasteiger charge is 2.24. The molecule has 1 N–H and O–H groups in total. The van der Waals surface area contributed by atoms with Crippen molar-refractivity contribution in [2.24, 2.45) is 4.99 Å². The maximum Gasteiger partial charge on any atom is 0.264 e. The van der Waals surface area contributed by atoms with Crippen molar-refractivity contribution < 1.29 is 13.9 Å². The Kier molecular flexibility index (Phi) is 7.36. The first-order chi connectivity index (χ1) is 15.8. The van der Waals surface area contributed by atoms with E-state index < -0.39 is 0 Å². The molecule has 0 aliphatic carbocycles. The van der Waals surface area contributed by atoms with Crippen LogP contribution in [0.4, 0.5) is 10.1 Å². The average Bonchev–Trinajstić information content (AvgIpc) is 3.11. The van der Waals surface area contributed by atoms with Crippen LogP contribution in [-0.4, -0.2) is 11.1 Å². The topological polar surface area (TPSA) is 50.7 Å². The van der Waals surface area contributed by atoms with Gasteiger partial charge >= 0.3 is 0 Å². The van der Waals surface area contributed by atoms with Crippen LogP contribution in [0.5, 0.6) is 5.75 Å². The smallest absolute Gasteiger partial charge is 0.264 e. The molecule has 1 aliphatic heterocycles. The summed E-state index contributed by atoms with van der Waals surface area (Å²) in [7, 11) is 0. The summed E-state index contributed by atoms with van der Waals surface area (Å²) in [6.07, 6.45) is 1.80. The fourth-order valence-electron chi connectivity index (χ4n) is 3.23. The predicted molar refractivity (Wildman–Crippen MR) is 139 cm³/mol. The van der Waals surface area contributed by atoms with Crippen LogP contribution in [0.1, 0.15) is 22.3 Å². The van der Waals surface area contributed by atoms with E-state index >= 15 is 0 Å². The van der Waals surface area contributed by atoms with Gasteiger partial charge in [0.05, 0.1) is 15.1 Å². The van der Waals surface area contributed by atoms with Crippen molar-refractivity contribution in [3.8, 4) is 5.75 Å². The lowest BCUT2D eigenvalue weighted by Crippen LogP contribution is -2.19. The molecular formula is C25H19Br2FN2O2S. The van der Waals surface area contributed by atoms with E-state index in [1.807, 2.05) is 38.1 Å². The SMILES string of the molecule is Cc1cc(N=C2NC(=O)/C(=C/c3ccc(OCc4ccccc4F)c(Br)c3)S2)cc(C)c1Br. The van der Waals surface area contributed by atoms with Crippen molar-refractivity contribution >= 4 is 66.5 Å². The molecule has 1 saturated heterocycles. The fourth-order valence-corrected chi connectivity index (χ4v) is 4.81. The Labute approximate surface area is 212 Å². The van der Waals surface area contributed by atoms with Gasteiger partial charge in [-0.2, -0.15) is 0 Å². The summed E-state index contributed by atoms with van der Waals surface area (Å²) in [5.74, 6) is 0.0950. The number of aryl methyl sites for hydroxylation is 2. The van der Waals surface area contributed by atoms with Gasteiger partial charge in [0.1, 0.15) is 18.2 Å². The second-order valence-electron chi connectivity index (χ2n) is 7.45. The molecular weight excluding hydrogens is 571 g/mol. The number of hydrogen-bond acceptors (Lipinski definition) is 4. The number of aliphatic imine (C=N–C) groups is 1. The molecule has 0 aromatic heterocycles. The number of rotatable bonds is 5. The summed E-state index contributed by atoms with van der Waals surface area (Å²) in [5.41, 5.74) is 4.27. The van der Waals surface area contributed by atoms with E-state index in [9.17, 15) is 9.18 Å². The van der Waals surface area contributed by atoms with E-state index in [2.05, 4.69) is 42.2 Å². The van der Waals surface area contributed by atoms with Crippen molar-refractivity contribution in [3.05, 3.63) is 96.5 Å². The summed E-state index contributed by atoms with van der Waals surface area (Å²) in [5, 5.41) is 3.36. The third-order valence-electron chi connectivity index (χ3n) is 4.90. The molecule has 0 saturated carbocycles. The molecule has 0 radical (unpaired) electrons. The molecule has 0 bridgehead atoms. The Morgan fingerprint density at radius 1 is 1.09 bits per heavy atom. The highest BCUT2D eigenvalue weighted by molar-refractivity contribution is 9.10. The van der Waals surface area contributed by atoms with Crippen molar-refractivity contribution in [1.29, 1.82) is 0 Å². The molecule has 1 aliphatic rings. The van der Waals surface area contributed by atoms with Crippen LogP contribution in [0.2, 0.25) is 0 Å². The van der Waals surface area contributed by atoms with Gasteiger partial charge in [-0.15, -0.1) is 0 Å². The van der Waals surface area contributed by atoms with Gasteiger partial charge < -0.3 is 10.1 Å². The van der Waals surface area contributed by atoms with Crippen LogP contribution in [0.15, 0.2) is 73.4 Å². The molecule has 3 aromatic rings. The summed E-state index contributed by atoms with van der Waals surface area (Å²) in [6, 6.07) is 15.9. The summed E-state index contributed by atoms with van der Waals surface area (Å²) >= 11 is 8.35. The Morgan fingerprint density at radius 3 is 2.52 bits per heavy atom. The van der Waals surface area contributed by atoms with Gasteiger partial charge in [0.2, 0.25) is 0 Å². The normalized spacial score (nSPS) is 15.8. The highest BCUT2D eigenvalue weighted by Crippen LogP contribution is 2.33. The number of carbonyl (C=O) groups excluding carboxylic acids is 1. The van der Waals surface area contributed by atoms with Gasteiger partial charge in [-0.3, -0.25) is 4.79 Å². The number of hydrogen-bond donors (Lipinski definition) is 1. The Bertz CT molecular complexity index is 1280. The van der Waals surface area contributed by atoms with E-state index in [-0.39, 0.29) is 18.3 Å². The number of carbonyl (C=O) groups is 1. The van der Waals surface area contributed by atoms with E-state index in [0.29, 0.717) is 25.9 Å². The van der Waals surface area contributed by atoms with Crippen molar-refractivity contribution in [2.75, 3.05) is 0 Å². The van der Waals surface area contributed by atoms with Crippen LogP contribution in [0.25, 0.3) is 6.08 Å². The number of ether oxygens (including phenoxy) is 1. The molecule has 1 heterocycles. The maximum absolute atomic E-state index is 13.8. The number of benzene rings is 3. The lowest BCUT2D eigenvalue weighted by atomic mass is 10.1. The second-order valence-corrected chi connectivity index (χ2v) is 10.1. The van der Waals surface area contributed by atoms with Gasteiger partial charge in [-0.25, -0.2) is 9.38 Å². The van der Waals surface area contributed by atoms with Crippen molar-refractivity contribution in [3.63, 3.8) is 0 Å². The Hall–Kier alpha value is -2.42. The van der Waals surface area contributed by atoms with Gasteiger partial charge in [0.25, 0.3) is 5.91 Å². The molecule has 168 valence electrons. The number of nitrogens with one attached hydrogen (secondary N) is 1. The minimum Gasteiger partial charge on any atom is -0.488 e. The first kappa shape index (κ1) is 23.7. The third kappa shape index (κ3) is 5.75. The fraction of sp³-hybridized carbons (Fsp3) is 0.120. The monoisotopic (exact) mass is 588 g/mol. The first-order valence-corrected chi connectivity index (χ1v) is 12.4. The minimum absolute atomic E-state index is 0.124. The summed E-state index contributed by atoms with van der Waals surface area (Å²) in [6.45, 7) is 4.14. The Morgan fingerprint density at radius 2 is 1.82 bits per heavy atom. The zero-order valence-electron chi connectivity index (χ0n) is 17.8. The molecule has 1 amide bonds. The van der Waals surface area contributed by atoms with Crippen molar-refractivity contribution in [2.45, 2.75) is 20.5 Å². The Balaban J connectivity index is 1.48. The van der Waals surface area contributed by atoms with Gasteiger partial charge in [0, 0.05) is 10.0 Å². The molecule has 1 fully saturated rings. The molecule has 4 rings (SSSR count). The van der Waals surface area contributed by atoms with Crippen LogP contribution in [-0.2, 0) is 11.4 Å². The number of thioether (sulfide) groups is 1. The standard InChI is InChI=1S/C25H19Br2FN2O2S/c1-14-9-18(10-15(2)23(14)27)29-25-30-24(31)22(33-25)12-16-7-8-21(19(26)11-16)32-13-17-5-3-4-6-20(17)28/h3-12H,13H2,1-2H3,(H,29,30,31)/b22-12-. The minimum atomic E-state index is -0.301. The van der Waals surface area contributed by atoms with Gasteiger partial charge in [-0.1, -0.05) is 40.2 Å². The first-order valence-electron chi connectivity index (χ1n) is 10.0. The van der Waals surface area contributed by atoms with Gasteiger partial charge in [0.15, 0.2) is 5.17 Å². The number of amidine groups is 1. The quantitative estimate of drug-likeness (QED) is 0.315. The highest BCUT2D eigenvalue weighted by atomic mass is 79.9. The lowest BCUT2D eigenvalue weighted by molar-refractivity contribution is -0.115. The average molecular weight is 590 g/mol. The molecule has 3 aromatic carbocycles. The van der Waals surface area contributed by atoms with Crippen LogP contribution in [0, 0.1) is 19.7 Å². The summed E-state index contributed by atoms with van der Waals surface area (Å²) < 4.78 is 21.3. The maximum atomic E-state index is 13.8. The zero-order chi connectivity index (χ0) is 23.5. The van der Waals surface area contributed by atoms with Gasteiger partial charge in [-0.05, 0) is 94.6 Å². The molecule has 4 nitrogen and oxygen atoms in total. The third-order valence-corrected chi connectivity index (χ3v) is 7.68.